The topological polar surface area (TPSA) is 81.4 Å². The van der Waals surface area contributed by atoms with E-state index in [-0.39, 0.29) is 17.7 Å². The molecule has 7 nitrogen and oxygen atoms in total. The molecule has 0 aliphatic rings. The van der Waals surface area contributed by atoms with Gasteiger partial charge in [0.25, 0.3) is 5.56 Å². The fraction of sp³-hybridized carbons (Fsp3) is 0.200. The van der Waals surface area contributed by atoms with Crippen LogP contribution in [0.5, 0.6) is 0 Å². The molecule has 0 atom stereocenters. The SMILES string of the molecule is Cn1cc2c(n1)c(=O)n(Cc1cnc[nH]1)c1nc(C(F)(F)F)ccc21. The average molecular weight is 348 g/mol. The van der Waals surface area contributed by atoms with E-state index in [0.29, 0.717) is 16.5 Å². The van der Waals surface area contributed by atoms with Crippen molar-refractivity contribution in [2.45, 2.75) is 12.7 Å². The molecule has 0 bridgehead atoms. The Labute approximate surface area is 137 Å². The molecule has 0 saturated heterocycles. The van der Waals surface area contributed by atoms with Gasteiger partial charge in [-0.1, -0.05) is 0 Å². The summed E-state index contributed by atoms with van der Waals surface area (Å²) in [7, 11) is 1.64. The molecule has 4 aromatic rings. The molecule has 4 rings (SSSR count). The number of nitrogens with zero attached hydrogens (tertiary/aromatic N) is 5. The summed E-state index contributed by atoms with van der Waals surface area (Å²) in [6, 6.07) is 2.22. The number of alkyl halides is 3. The molecular formula is C15H11F3N6O. The van der Waals surface area contributed by atoms with E-state index in [1.807, 2.05) is 0 Å². The van der Waals surface area contributed by atoms with Gasteiger partial charge in [-0.2, -0.15) is 18.3 Å². The highest BCUT2D eigenvalue weighted by molar-refractivity contribution is 6.02. The molecule has 0 fully saturated rings. The lowest BCUT2D eigenvalue weighted by Crippen LogP contribution is -2.23. The van der Waals surface area contributed by atoms with Gasteiger partial charge < -0.3 is 4.98 Å². The van der Waals surface area contributed by atoms with E-state index >= 15 is 0 Å². The second-order valence-electron chi connectivity index (χ2n) is 5.60. The molecule has 0 aromatic carbocycles. The third-order valence-corrected chi connectivity index (χ3v) is 3.87. The summed E-state index contributed by atoms with van der Waals surface area (Å²) in [5.74, 6) is 0. The molecular weight excluding hydrogens is 337 g/mol. The minimum absolute atomic E-state index is 0.0101. The van der Waals surface area contributed by atoms with Crippen molar-refractivity contribution >= 4 is 21.9 Å². The van der Waals surface area contributed by atoms with Gasteiger partial charge in [0, 0.05) is 30.2 Å². The molecule has 0 unspecified atom stereocenters. The molecule has 0 spiro atoms. The largest absolute Gasteiger partial charge is 0.433 e. The van der Waals surface area contributed by atoms with Crippen LogP contribution in [0.25, 0.3) is 21.9 Å². The van der Waals surface area contributed by atoms with Crippen LogP contribution < -0.4 is 5.56 Å². The zero-order valence-corrected chi connectivity index (χ0v) is 12.9. The fourth-order valence-corrected chi connectivity index (χ4v) is 2.78. The number of halogens is 3. The van der Waals surface area contributed by atoms with Crippen molar-refractivity contribution in [3.63, 3.8) is 0 Å². The fourth-order valence-electron chi connectivity index (χ4n) is 2.78. The molecule has 0 saturated carbocycles. The van der Waals surface area contributed by atoms with E-state index in [1.54, 1.807) is 13.2 Å². The number of fused-ring (bicyclic) bond motifs is 3. The molecule has 128 valence electrons. The first-order valence-corrected chi connectivity index (χ1v) is 7.26. The number of aryl methyl sites for hydroxylation is 1. The van der Waals surface area contributed by atoms with E-state index in [0.717, 1.165) is 6.07 Å². The quantitative estimate of drug-likeness (QED) is 0.601. The van der Waals surface area contributed by atoms with Gasteiger partial charge in [-0.25, -0.2) is 9.97 Å². The van der Waals surface area contributed by atoms with Crippen molar-refractivity contribution in [2.75, 3.05) is 0 Å². The van der Waals surface area contributed by atoms with Crippen LogP contribution in [-0.4, -0.2) is 29.3 Å². The number of H-pyrrole nitrogens is 1. The van der Waals surface area contributed by atoms with Gasteiger partial charge in [-0.15, -0.1) is 0 Å². The van der Waals surface area contributed by atoms with Crippen molar-refractivity contribution < 1.29 is 13.2 Å². The first-order chi connectivity index (χ1) is 11.8. The highest BCUT2D eigenvalue weighted by Gasteiger charge is 2.33. The van der Waals surface area contributed by atoms with Crippen LogP contribution in [0.2, 0.25) is 0 Å². The Bertz CT molecular complexity index is 1140. The third-order valence-electron chi connectivity index (χ3n) is 3.87. The lowest BCUT2D eigenvalue weighted by atomic mass is 10.2. The number of pyridine rings is 2. The normalized spacial score (nSPS) is 12.3. The van der Waals surface area contributed by atoms with E-state index in [4.69, 9.17) is 0 Å². The summed E-state index contributed by atoms with van der Waals surface area (Å²) in [6.45, 7) is 0.0101. The van der Waals surface area contributed by atoms with E-state index in [1.165, 1.54) is 27.8 Å². The summed E-state index contributed by atoms with van der Waals surface area (Å²) in [6.07, 6.45) is -0.0908. The summed E-state index contributed by atoms with van der Waals surface area (Å²) in [4.78, 5) is 23.2. The summed E-state index contributed by atoms with van der Waals surface area (Å²) >= 11 is 0. The molecule has 0 aliphatic heterocycles. The van der Waals surface area contributed by atoms with Crippen LogP contribution in [0.1, 0.15) is 11.4 Å². The van der Waals surface area contributed by atoms with E-state index in [2.05, 4.69) is 20.1 Å². The van der Waals surface area contributed by atoms with Gasteiger partial charge in [-0.3, -0.25) is 14.0 Å². The number of hydrogen-bond acceptors (Lipinski definition) is 4. The molecule has 10 heteroatoms. The standard InChI is InChI=1S/C15H11F3N6O/c1-23-6-10-9-2-3-11(15(16,17)18)21-13(9)24(14(25)12(10)22-23)5-8-4-19-7-20-8/h2-4,6-7H,5H2,1H3,(H,19,20). The van der Waals surface area contributed by atoms with E-state index in [9.17, 15) is 18.0 Å². The summed E-state index contributed by atoms with van der Waals surface area (Å²) in [5.41, 5.74) is -0.866. The Balaban J connectivity index is 2.10. The van der Waals surface area contributed by atoms with Gasteiger partial charge in [0.2, 0.25) is 0 Å². The second-order valence-corrected chi connectivity index (χ2v) is 5.60. The number of nitrogens with one attached hydrogen (secondary N) is 1. The average Bonchev–Trinajstić information content (AvgIpc) is 3.19. The molecule has 4 heterocycles. The van der Waals surface area contributed by atoms with Crippen LogP contribution in [0.4, 0.5) is 13.2 Å². The van der Waals surface area contributed by atoms with Crippen LogP contribution >= 0.6 is 0 Å². The Morgan fingerprint density at radius 2 is 2.04 bits per heavy atom. The number of aromatic amines is 1. The molecule has 0 amide bonds. The first-order valence-electron chi connectivity index (χ1n) is 7.26. The highest BCUT2D eigenvalue weighted by Crippen LogP contribution is 2.30. The van der Waals surface area contributed by atoms with E-state index < -0.39 is 17.4 Å². The molecule has 0 radical (unpaired) electrons. The van der Waals surface area contributed by atoms with Crippen LogP contribution in [0.15, 0.2) is 35.6 Å². The lowest BCUT2D eigenvalue weighted by Gasteiger charge is -2.12. The predicted molar refractivity (Wildman–Crippen MR) is 83.0 cm³/mol. The van der Waals surface area contributed by atoms with Crippen LogP contribution in [-0.2, 0) is 19.8 Å². The monoisotopic (exact) mass is 348 g/mol. The minimum Gasteiger partial charge on any atom is -0.347 e. The second kappa shape index (κ2) is 5.16. The van der Waals surface area contributed by atoms with Crippen LogP contribution in [0, 0.1) is 0 Å². The molecule has 1 N–H and O–H groups in total. The van der Waals surface area contributed by atoms with Crippen molar-refractivity contribution in [3.05, 3.63) is 52.6 Å². The maximum absolute atomic E-state index is 13.1. The van der Waals surface area contributed by atoms with Gasteiger partial charge in [-0.05, 0) is 12.1 Å². The Kier molecular flexibility index (Phi) is 3.17. The highest BCUT2D eigenvalue weighted by atomic mass is 19.4. The van der Waals surface area contributed by atoms with Gasteiger partial charge >= 0.3 is 6.18 Å². The Morgan fingerprint density at radius 3 is 2.72 bits per heavy atom. The van der Waals surface area contributed by atoms with Crippen molar-refractivity contribution in [1.29, 1.82) is 0 Å². The maximum Gasteiger partial charge on any atom is 0.433 e. The molecule has 4 aromatic heterocycles. The first kappa shape index (κ1) is 15.4. The van der Waals surface area contributed by atoms with Gasteiger partial charge in [0.05, 0.1) is 18.6 Å². The Hall–Kier alpha value is -3.17. The van der Waals surface area contributed by atoms with Crippen molar-refractivity contribution in [3.8, 4) is 0 Å². The summed E-state index contributed by atoms with van der Waals surface area (Å²) in [5, 5.41) is 5.02. The summed E-state index contributed by atoms with van der Waals surface area (Å²) < 4.78 is 41.8. The zero-order chi connectivity index (χ0) is 17.8. The number of imidazole rings is 1. The number of hydrogen-bond donors (Lipinski definition) is 1. The number of rotatable bonds is 2. The predicted octanol–water partition coefficient (Wildman–Crippen LogP) is 2.07. The van der Waals surface area contributed by atoms with Gasteiger partial charge in [0.15, 0.2) is 5.52 Å². The maximum atomic E-state index is 13.1. The third kappa shape index (κ3) is 2.46. The minimum atomic E-state index is -4.60. The number of aromatic nitrogens is 6. The Morgan fingerprint density at radius 1 is 1.24 bits per heavy atom. The smallest absolute Gasteiger partial charge is 0.347 e. The zero-order valence-electron chi connectivity index (χ0n) is 12.9. The molecule has 0 aliphatic carbocycles. The van der Waals surface area contributed by atoms with Crippen molar-refractivity contribution in [2.24, 2.45) is 7.05 Å². The van der Waals surface area contributed by atoms with Crippen molar-refractivity contribution in [1.82, 2.24) is 29.3 Å². The van der Waals surface area contributed by atoms with Gasteiger partial charge in [0.1, 0.15) is 11.3 Å². The van der Waals surface area contributed by atoms with Crippen LogP contribution in [0.3, 0.4) is 0 Å². The molecule has 25 heavy (non-hydrogen) atoms. The lowest BCUT2D eigenvalue weighted by molar-refractivity contribution is -0.141.